The fourth-order valence-corrected chi connectivity index (χ4v) is 2.06. The number of carbonyl (C=O) groups is 2. The monoisotopic (exact) mass is 291 g/mol. The number of hydrogen-bond acceptors (Lipinski definition) is 3. The quantitative estimate of drug-likeness (QED) is 0.847. The molecular formula is C16H21NO4. The molecule has 0 radical (unpaired) electrons. The van der Waals surface area contributed by atoms with E-state index in [4.69, 9.17) is 9.52 Å². The van der Waals surface area contributed by atoms with Crippen LogP contribution in [0.5, 0.6) is 0 Å². The van der Waals surface area contributed by atoms with Crippen molar-refractivity contribution in [2.75, 3.05) is 7.05 Å². The molecule has 0 saturated heterocycles. The van der Waals surface area contributed by atoms with Gasteiger partial charge in [0, 0.05) is 19.0 Å². The minimum Gasteiger partial charge on any atom is -0.480 e. The zero-order chi connectivity index (χ0) is 15.8. The van der Waals surface area contributed by atoms with E-state index in [-0.39, 0.29) is 5.91 Å². The number of amides is 1. The van der Waals surface area contributed by atoms with Gasteiger partial charge in [0.15, 0.2) is 0 Å². The van der Waals surface area contributed by atoms with Crippen molar-refractivity contribution in [1.29, 1.82) is 0 Å². The maximum Gasteiger partial charge on any atom is 0.329 e. The number of furan rings is 1. The molecule has 2 rings (SSSR count). The Hall–Kier alpha value is -2.04. The molecule has 5 nitrogen and oxygen atoms in total. The standard InChI is InChI=1S/C16H21NO4/c1-10-9-12(10)13-7-5-11(21-13)6-8-14(18)17(4)16(2,3)15(19)20/h5-8,10,12H,9H2,1-4H3,(H,19,20). The second-order valence-corrected chi connectivity index (χ2v) is 6.15. The number of aliphatic carboxylic acids is 1. The van der Waals surface area contributed by atoms with Gasteiger partial charge >= 0.3 is 5.97 Å². The predicted molar refractivity (Wildman–Crippen MR) is 78.7 cm³/mol. The Morgan fingerprint density at radius 3 is 2.57 bits per heavy atom. The van der Waals surface area contributed by atoms with Crippen LogP contribution in [0.3, 0.4) is 0 Å². The third-order valence-electron chi connectivity index (χ3n) is 4.21. The van der Waals surface area contributed by atoms with Crippen molar-refractivity contribution in [2.45, 2.75) is 38.6 Å². The molecule has 21 heavy (non-hydrogen) atoms. The zero-order valence-corrected chi connectivity index (χ0v) is 12.8. The topological polar surface area (TPSA) is 70.8 Å². The van der Waals surface area contributed by atoms with Crippen molar-refractivity contribution >= 4 is 18.0 Å². The van der Waals surface area contributed by atoms with Crippen molar-refractivity contribution < 1.29 is 19.1 Å². The lowest BCUT2D eigenvalue weighted by molar-refractivity contribution is -0.153. The third-order valence-corrected chi connectivity index (χ3v) is 4.21. The molecule has 1 N–H and O–H groups in total. The highest BCUT2D eigenvalue weighted by atomic mass is 16.4. The second-order valence-electron chi connectivity index (χ2n) is 6.15. The van der Waals surface area contributed by atoms with Gasteiger partial charge in [-0.1, -0.05) is 6.92 Å². The number of carboxylic acids is 1. The van der Waals surface area contributed by atoms with Crippen LogP contribution < -0.4 is 0 Å². The highest BCUT2D eigenvalue weighted by molar-refractivity contribution is 5.95. The van der Waals surface area contributed by atoms with E-state index in [9.17, 15) is 9.59 Å². The van der Waals surface area contributed by atoms with Gasteiger partial charge < -0.3 is 14.4 Å². The van der Waals surface area contributed by atoms with Gasteiger partial charge in [0.2, 0.25) is 5.91 Å². The predicted octanol–water partition coefficient (Wildman–Crippen LogP) is 2.74. The van der Waals surface area contributed by atoms with Crippen molar-refractivity contribution in [1.82, 2.24) is 4.90 Å². The van der Waals surface area contributed by atoms with E-state index in [2.05, 4.69) is 6.92 Å². The first-order valence-electron chi connectivity index (χ1n) is 7.02. The number of carbonyl (C=O) groups excluding carboxylic acids is 1. The minimum absolute atomic E-state index is 0.375. The number of likely N-dealkylation sites (N-methyl/N-ethyl adjacent to an activating group) is 1. The van der Waals surface area contributed by atoms with Crippen molar-refractivity contribution in [3.05, 3.63) is 29.7 Å². The van der Waals surface area contributed by atoms with Crippen LogP contribution in [0.4, 0.5) is 0 Å². The Bertz CT molecular complexity index is 585. The van der Waals surface area contributed by atoms with E-state index in [1.165, 1.54) is 31.9 Å². The molecule has 1 aromatic heterocycles. The summed E-state index contributed by atoms with van der Waals surface area (Å²) in [4.78, 5) is 24.3. The molecule has 1 fully saturated rings. The van der Waals surface area contributed by atoms with Gasteiger partial charge in [-0.3, -0.25) is 4.79 Å². The molecule has 5 heteroatoms. The average molecular weight is 291 g/mol. The molecule has 1 aromatic rings. The summed E-state index contributed by atoms with van der Waals surface area (Å²) in [7, 11) is 1.47. The molecule has 1 amide bonds. The second kappa shape index (κ2) is 5.39. The molecule has 0 aliphatic heterocycles. The first kappa shape index (κ1) is 15.4. The smallest absolute Gasteiger partial charge is 0.329 e. The molecule has 2 atom stereocenters. The highest BCUT2D eigenvalue weighted by Gasteiger charge is 2.36. The summed E-state index contributed by atoms with van der Waals surface area (Å²) in [5.41, 5.74) is -1.25. The van der Waals surface area contributed by atoms with E-state index in [0.29, 0.717) is 17.6 Å². The van der Waals surface area contributed by atoms with Crippen LogP contribution in [-0.2, 0) is 9.59 Å². The van der Waals surface area contributed by atoms with Gasteiger partial charge in [-0.2, -0.15) is 0 Å². The van der Waals surface area contributed by atoms with Gasteiger partial charge in [0.25, 0.3) is 0 Å². The van der Waals surface area contributed by atoms with E-state index >= 15 is 0 Å². The van der Waals surface area contributed by atoms with E-state index in [1.54, 1.807) is 6.08 Å². The highest BCUT2D eigenvalue weighted by Crippen LogP contribution is 2.47. The molecule has 1 aliphatic carbocycles. The maximum absolute atomic E-state index is 12.0. The normalized spacial score (nSPS) is 21.5. The average Bonchev–Trinajstić information content (AvgIpc) is 2.97. The number of nitrogens with zero attached hydrogens (tertiary/aromatic N) is 1. The minimum atomic E-state index is -1.25. The lowest BCUT2D eigenvalue weighted by Gasteiger charge is -2.30. The molecule has 114 valence electrons. The van der Waals surface area contributed by atoms with Gasteiger partial charge in [0.1, 0.15) is 17.1 Å². The molecule has 0 aromatic carbocycles. The fourth-order valence-electron chi connectivity index (χ4n) is 2.06. The van der Waals surface area contributed by atoms with Crippen LogP contribution in [0.15, 0.2) is 22.6 Å². The Kier molecular flexibility index (Phi) is 3.94. The summed E-state index contributed by atoms with van der Waals surface area (Å²) < 4.78 is 5.67. The van der Waals surface area contributed by atoms with E-state index < -0.39 is 11.5 Å². The zero-order valence-electron chi connectivity index (χ0n) is 12.8. The van der Waals surface area contributed by atoms with Crippen molar-refractivity contribution in [2.24, 2.45) is 5.92 Å². The molecular weight excluding hydrogens is 270 g/mol. The third kappa shape index (κ3) is 3.17. The molecule has 1 aliphatic rings. The number of carboxylic acid groups (broad SMARTS) is 1. The van der Waals surface area contributed by atoms with Crippen molar-refractivity contribution in [3.8, 4) is 0 Å². The van der Waals surface area contributed by atoms with E-state index in [1.807, 2.05) is 12.1 Å². The Labute approximate surface area is 124 Å². The lowest BCUT2D eigenvalue weighted by atomic mass is 10.0. The van der Waals surface area contributed by atoms with Crippen LogP contribution in [-0.4, -0.2) is 34.5 Å². The van der Waals surface area contributed by atoms with Gasteiger partial charge in [0.05, 0.1) is 0 Å². The number of hydrogen-bond donors (Lipinski definition) is 1. The van der Waals surface area contributed by atoms with Gasteiger partial charge in [-0.05, 0) is 44.4 Å². The van der Waals surface area contributed by atoms with Crippen molar-refractivity contribution in [3.63, 3.8) is 0 Å². The summed E-state index contributed by atoms with van der Waals surface area (Å²) in [6.07, 6.45) is 4.06. The lowest BCUT2D eigenvalue weighted by Crippen LogP contribution is -2.50. The number of rotatable bonds is 5. The Balaban J connectivity index is 2.02. The first-order chi connectivity index (χ1) is 9.73. The first-order valence-corrected chi connectivity index (χ1v) is 7.02. The van der Waals surface area contributed by atoms with Gasteiger partial charge in [-0.15, -0.1) is 0 Å². The van der Waals surface area contributed by atoms with Gasteiger partial charge in [-0.25, -0.2) is 4.79 Å². The van der Waals surface area contributed by atoms with Crippen LogP contribution in [0.25, 0.3) is 6.08 Å². The largest absolute Gasteiger partial charge is 0.480 e. The van der Waals surface area contributed by atoms with Crippen LogP contribution in [0.2, 0.25) is 0 Å². The molecule has 0 spiro atoms. The Morgan fingerprint density at radius 1 is 1.43 bits per heavy atom. The fraction of sp³-hybridized carbons (Fsp3) is 0.500. The molecule has 0 bridgehead atoms. The molecule has 1 saturated carbocycles. The summed E-state index contributed by atoms with van der Waals surface area (Å²) >= 11 is 0. The van der Waals surface area contributed by atoms with Crippen LogP contribution in [0, 0.1) is 5.92 Å². The summed E-state index contributed by atoms with van der Waals surface area (Å²) in [6, 6.07) is 3.76. The van der Waals surface area contributed by atoms with Crippen LogP contribution in [0.1, 0.15) is 44.6 Å². The SMILES string of the molecule is CC1CC1c1ccc(C=CC(=O)N(C)C(C)(C)C(=O)O)o1. The van der Waals surface area contributed by atoms with Crippen LogP contribution >= 0.6 is 0 Å². The summed E-state index contributed by atoms with van der Waals surface area (Å²) in [5.74, 6) is 1.30. The molecule has 2 unspecified atom stereocenters. The summed E-state index contributed by atoms with van der Waals surface area (Å²) in [6.45, 7) is 5.15. The van der Waals surface area contributed by atoms with E-state index in [0.717, 1.165) is 12.2 Å². The molecule has 1 heterocycles. The maximum atomic E-state index is 12.0. The summed E-state index contributed by atoms with van der Waals surface area (Å²) in [5, 5.41) is 9.11. The Morgan fingerprint density at radius 2 is 2.05 bits per heavy atom.